The Kier molecular flexibility index (Phi) is 7.33. The second-order valence-corrected chi connectivity index (χ2v) is 6.24. The van der Waals surface area contributed by atoms with Crippen LogP contribution in [0, 0.1) is 0 Å². The van der Waals surface area contributed by atoms with Gasteiger partial charge in [-0.3, -0.25) is 9.59 Å². The smallest absolute Gasteiger partial charge is 0.310 e. The number of carbonyl (C=O) groups excluding carboxylic acids is 2. The van der Waals surface area contributed by atoms with E-state index in [2.05, 4.69) is 0 Å². The van der Waals surface area contributed by atoms with Crippen LogP contribution in [-0.4, -0.2) is 39.7 Å². The molecule has 6 nitrogen and oxygen atoms in total. The number of ether oxygens (including phenoxy) is 4. The molecule has 0 spiro atoms. The Labute approximate surface area is 166 Å². The lowest BCUT2D eigenvalue weighted by Gasteiger charge is -2.13. The molecule has 2 aromatic carbocycles. The number of benzene rings is 2. The number of hydrogen-bond donors (Lipinski definition) is 0. The molecule has 0 fully saturated rings. The molecule has 0 N–H and O–H groups in total. The van der Waals surface area contributed by atoms with Gasteiger partial charge in [0.05, 0.1) is 37.8 Å². The van der Waals surface area contributed by atoms with E-state index in [1.165, 1.54) is 33.5 Å². The van der Waals surface area contributed by atoms with Gasteiger partial charge in [0.1, 0.15) is 0 Å². The van der Waals surface area contributed by atoms with Gasteiger partial charge < -0.3 is 18.9 Å². The van der Waals surface area contributed by atoms with Gasteiger partial charge in [0, 0.05) is 5.56 Å². The average molecular weight is 413 g/mol. The zero-order chi connectivity index (χ0) is 20.0. The highest BCUT2D eigenvalue weighted by molar-refractivity contribution is 6.42. The number of methoxy groups -OCH3 is 3. The van der Waals surface area contributed by atoms with Gasteiger partial charge in [-0.2, -0.15) is 0 Å². The maximum Gasteiger partial charge on any atom is 0.310 e. The zero-order valence-corrected chi connectivity index (χ0v) is 16.5. The molecule has 0 atom stereocenters. The second kappa shape index (κ2) is 9.48. The van der Waals surface area contributed by atoms with Crippen molar-refractivity contribution in [3.63, 3.8) is 0 Å². The monoisotopic (exact) mass is 412 g/mol. The number of hydrogen-bond acceptors (Lipinski definition) is 6. The number of carbonyl (C=O) groups is 2. The number of esters is 1. The van der Waals surface area contributed by atoms with Crippen molar-refractivity contribution in [1.29, 1.82) is 0 Å². The van der Waals surface area contributed by atoms with E-state index < -0.39 is 18.4 Å². The third kappa shape index (κ3) is 5.28. The largest absolute Gasteiger partial charge is 0.493 e. The molecule has 0 heterocycles. The highest BCUT2D eigenvalue weighted by Gasteiger charge is 2.18. The number of rotatable bonds is 8. The van der Waals surface area contributed by atoms with Crippen molar-refractivity contribution in [2.45, 2.75) is 6.42 Å². The van der Waals surface area contributed by atoms with Gasteiger partial charge in [-0.25, -0.2) is 0 Å². The third-order valence-electron chi connectivity index (χ3n) is 3.68. The van der Waals surface area contributed by atoms with E-state index in [-0.39, 0.29) is 12.0 Å². The molecule has 0 amide bonds. The van der Waals surface area contributed by atoms with Gasteiger partial charge in [-0.15, -0.1) is 0 Å². The minimum absolute atomic E-state index is 0.0283. The van der Waals surface area contributed by atoms with Gasteiger partial charge in [0.25, 0.3) is 0 Å². The summed E-state index contributed by atoms with van der Waals surface area (Å²) in [7, 11) is 4.36. The Morgan fingerprint density at radius 3 is 2.04 bits per heavy atom. The van der Waals surface area contributed by atoms with Crippen molar-refractivity contribution in [2.75, 3.05) is 27.9 Å². The maximum atomic E-state index is 12.4. The van der Waals surface area contributed by atoms with Gasteiger partial charge in [0.2, 0.25) is 11.5 Å². The summed E-state index contributed by atoms with van der Waals surface area (Å²) in [6, 6.07) is 7.82. The normalized spacial score (nSPS) is 10.3. The Bertz CT molecular complexity index is 825. The van der Waals surface area contributed by atoms with Crippen LogP contribution in [0.2, 0.25) is 10.0 Å². The lowest BCUT2D eigenvalue weighted by atomic mass is 10.1. The van der Waals surface area contributed by atoms with Crippen molar-refractivity contribution in [3.05, 3.63) is 51.5 Å². The first kappa shape index (κ1) is 20.9. The molecule has 2 aromatic rings. The van der Waals surface area contributed by atoms with E-state index in [1.54, 1.807) is 18.2 Å². The van der Waals surface area contributed by atoms with Crippen LogP contribution in [0.3, 0.4) is 0 Å². The number of halogens is 2. The molecule has 0 saturated carbocycles. The summed E-state index contributed by atoms with van der Waals surface area (Å²) >= 11 is 11.8. The Morgan fingerprint density at radius 2 is 1.52 bits per heavy atom. The molecule has 8 heteroatoms. The zero-order valence-electron chi connectivity index (χ0n) is 15.0. The van der Waals surface area contributed by atoms with Crippen molar-refractivity contribution >= 4 is 35.0 Å². The lowest BCUT2D eigenvalue weighted by Crippen LogP contribution is -2.16. The molecular weight excluding hydrogens is 395 g/mol. The Balaban J connectivity index is 2.04. The molecule has 0 radical (unpaired) electrons. The summed E-state index contributed by atoms with van der Waals surface area (Å²) in [4.78, 5) is 24.3. The molecule has 0 bridgehead atoms. The molecule has 0 unspecified atom stereocenters. The van der Waals surface area contributed by atoms with Crippen LogP contribution in [0.25, 0.3) is 0 Å². The predicted octanol–water partition coefficient (Wildman–Crippen LogP) is 3.99. The topological polar surface area (TPSA) is 71.1 Å². The van der Waals surface area contributed by atoms with Crippen LogP contribution in [-0.2, 0) is 16.0 Å². The minimum Gasteiger partial charge on any atom is -0.493 e. The SMILES string of the molecule is COc1cc(C(=O)COC(=O)Cc2ccc(Cl)c(Cl)c2)cc(OC)c1OC. The van der Waals surface area contributed by atoms with E-state index in [0.29, 0.717) is 32.9 Å². The molecule has 0 saturated heterocycles. The lowest BCUT2D eigenvalue weighted by molar-refractivity contribution is -0.141. The first-order chi connectivity index (χ1) is 12.9. The minimum atomic E-state index is -0.561. The summed E-state index contributed by atoms with van der Waals surface area (Å²) in [6.45, 7) is -0.418. The molecule has 2 rings (SSSR count). The Morgan fingerprint density at radius 1 is 0.889 bits per heavy atom. The molecule has 0 aliphatic heterocycles. The van der Waals surface area contributed by atoms with E-state index in [1.807, 2.05) is 0 Å². The molecular formula is C19H18Cl2O6. The fraction of sp³-hybridized carbons (Fsp3) is 0.263. The number of Topliss-reactive ketones (excluding diaryl/α,β-unsaturated/α-hetero) is 1. The van der Waals surface area contributed by atoms with Crippen LogP contribution < -0.4 is 14.2 Å². The van der Waals surface area contributed by atoms with Crippen molar-refractivity contribution in [2.24, 2.45) is 0 Å². The van der Waals surface area contributed by atoms with Crippen molar-refractivity contribution < 1.29 is 28.5 Å². The van der Waals surface area contributed by atoms with Crippen LogP contribution in [0.1, 0.15) is 15.9 Å². The summed E-state index contributed by atoms with van der Waals surface area (Å²) in [5.74, 6) is 0.0729. The fourth-order valence-electron chi connectivity index (χ4n) is 2.34. The standard InChI is InChI=1S/C19H18Cl2O6/c1-24-16-8-12(9-17(25-2)19(16)26-3)15(22)10-27-18(23)7-11-4-5-13(20)14(21)6-11/h4-6,8-9H,7,10H2,1-3H3. The van der Waals surface area contributed by atoms with Crippen LogP contribution in [0.5, 0.6) is 17.2 Å². The van der Waals surface area contributed by atoms with E-state index in [9.17, 15) is 9.59 Å². The van der Waals surface area contributed by atoms with Crippen molar-refractivity contribution in [3.8, 4) is 17.2 Å². The molecule has 0 aliphatic carbocycles. The van der Waals surface area contributed by atoms with E-state index >= 15 is 0 Å². The summed E-state index contributed by atoms with van der Waals surface area (Å²) < 4.78 is 20.7. The maximum absolute atomic E-state index is 12.4. The highest BCUT2D eigenvalue weighted by Crippen LogP contribution is 2.38. The van der Waals surface area contributed by atoms with Gasteiger partial charge in [-0.1, -0.05) is 29.3 Å². The van der Waals surface area contributed by atoms with Crippen LogP contribution >= 0.6 is 23.2 Å². The van der Waals surface area contributed by atoms with Gasteiger partial charge >= 0.3 is 5.97 Å². The fourth-order valence-corrected chi connectivity index (χ4v) is 2.66. The van der Waals surface area contributed by atoms with Crippen LogP contribution in [0.15, 0.2) is 30.3 Å². The second-order valence-electron chi connectivity index (χ2n) is 5.42. The van der Waals surface area contributed by atoms with Crippen LogP contribution in [0.4, 0.5) is 0 Å². The van der Waals surface area contributed by atoms with E-state index in [4.69, 9.17) is 42.1 Å². The summed E-state index contributed by atoms with van der Waals surface area (Å²) in [5, 5.41) is 0.738. The quantitative estimate of drug-likeness (QED) is 0.482. The van der Waals surface area contributed by atoms with E-state index in [0.717, 1.165) is 0 Å². The molecule has 27 heavy (non-hydrogen) atoms. The van der Waals surface area contributed by atoms with Gasteiger partial charge in [0.15, 0.2) is 18.1 Å². The highest BCUT2D eigenvalue weighted by atomic mass is 35.5. The molecule has 144 valence electrons. The Hall–Kier alpha value is -2.44. The van der Waals surface area contributed by atoms with Gasteiger partial charge in [-0.05, 0) is 29.8 Å². The summed E-state index contributed by atoms with van der Waals surface area (Å²) in [5.41, 5.74) is 0.904. The first-order valence-electron chi connectivity index (χ1n) is 7.82. The average Bonchev–Trinajstić information content (AvgIpc) is 2.67. The first-order valence-corrected chi connectivity index (χ1v) is 8.58. The number of ketones is 1. The van der Waals surface area contributed by atoms with Crippen molar-refractivity contribution in [1.82, 2.24) is 0 Å². The summed E-state index contributed by atoms with van der Waals surface area (Å²) in [6.07, 6.45) is -0.0283. The molecule has 0 aliphatic rings. The molecule has 0 aromatic heterocycles. The third-order valence-corrected chi connectivity index (χ3v) is 4.42. The predicted molar refractivity (Wildman–Crippen MR) is 102 cm³/mol.